The van der Waals surface area contributed by atoms with E-state index in [9.17, 15) is 22.8 Å². The van der Waals surface area contributed by atoms with E-state index in [1.165, 1.54) is 12.1 Å². The minimum Gasteiger partial charge on any atom is -0.452 e. The van der Waals surface area contributed by atoms with Crippen LogP contribution in [-0.2, 0) is 4.74 Å². The van der Waals surface area contributed by atoms with Crippen LogP contribution >= 0.6 is 0 Å². The Morgan fingerprint density at radius 3 is 2.31 bits per heavy atom. The van der Waals surface area contributed by atoms with Crippen LogP contribution in [0.5, 0.6) is 0 Å². The first-order chi connectivity index (χ1) is 13.8. The van der Waals surface area contributed by atoms with Crippen LogP contribution in [0.25, 0.3) is 0 Å². The van der Waals surface area contributed by atoms with Gasteiger partial charge in [0.15, 0.2) is 5.71 Å². The van der Waals surface area contributed by atoms with Crippen molar-refractivity contribution in [3.8, 4) is 6.07 Å². The third-order valence-corrected chi connectivity index (χ3v) is 4.92. The first-order valence-electron chi connectivity index (χ1n) is 8.63. The zero-order chi connectivity index (χ0) is 20.8. The molecule has 5 nitrogen and oxygen atoms in total. The van der Waals surface area contributed by atoms with Crippen molar-refractivity contribution in [2.24, 2.45) is 16.8 Å². The minimum atomic E-state index is -4.76. The average molecular weight is 402 g/mol. The van der Waals surface area contributed by atoms with Gasteiger partial charge in [0, 0.05) is 5.92 Å². The highest BCUT2D eigenvalue weighted by Crippen LogP contribution is 2.48. The number of hydrazone groups is 1. The summed E-state index contributed by atoms with van der Waals surface area (Å²) < 4.78 is 60.6. The van der Waals surface area contributed by atoms with E-state index in [0.29, 0.717) is 11.3 Å². The number of nitrogens with zero attached hydrogens (tertiary/aromatic N) is 3. The van der Waals surface area contributed by atoms with Crippen molar-refractivity contribution in [1.29, 1.82) is 5.26 Å². The van der Waals surface area contributed by atoms with Crippen LogP contribution in [-0.4, -0.2) is 18.1 Å². The Morgan fingerprint density at radius 2 is 1.72 bits per heavy atom. The SMILES string of the molecule is N#CC1=C(N)O[C@@H]2[C@@H](C(C(F)(F)F)=NN2c2ccccc2)[C@H]1c1ccc(F)cc1. The number of alkyl halides is 3. The van der Waals surface area contributed by atoms with Gasteiger partial charge in [-0.15, -0.1) is 0 Å². The lowest BCUT2D eigenvalue weighted by molar-refractivity contribution is -0.0658. The maximum Gasteiger partial charge on any atom is 0.431 e. The second kappa shape index (κ2) is 6.81. The lowest BCUT2D eigenvalue weighted by atomic mass is 9.76. The number of para-hydroxylation sites is 1. The monoisotopic (exact) mass is 402 g/mol. The summed E-state index contributed by atoms with van der Waals surface area (Å²) in [6.45, 7) is 0. The van der Waals surface area contributed by atoms with Crippen molar-refractivity contribution in [3.63, 3.8) is 0 Å². The van der Waals surface area contributed by atoms with Crippen LogP contribution in [0.2, 0.25) is 0 Å². The van der Waals surface area contributed by atoms with Crippen molar-refractivity contribution >= 4 is 11.4 Å². The second-order valence-corrected chi connectivity index (χ2v) is 6.62. The fourth-order valence-electron chi connectivity index (χ4n) is 3.70. The fraction of sp³-hybridized carbons (Fsp3) is 0.200. The summed E-state index contributed by atoms with van der Waals surface area (Å²) in [5.41, 5.74) is 5.37. The van der Waals surface area contributed by atoms with E-state index in [1.54, 1.807) is 30.3 Å². The molecule has 4 rings (SSSR count). The van der Waals surface area contributed by atoms with Crippen LogP contribution in [0.3, 0.4) is 0 Å². The molecule has 0 bridgehead atoms. The predicted molar refractivity (Wildman–Crippen MR) is 96.7 cm³/mol. The standard InChI is InChI=1S/C20H14F4N4O/c21-12-8-6-11(7-9-12)15-14(10-25)18(26)29-19-16(15)17(20(22,23)24)27-28(19)13-4-2-1-3-5-13/h1-9,15-16,19H,26H2/t15-,16+,19+/m0/s1. The number of hydrogen-bond donors (Lipinski definition) is 1. The van der Waals surface area contributed by atoms with Gasteiger partial charge < -0.3 is 10.5 Å². The molecule has 2 aromatic carbocycles. The lowest BCUT2D eigenvalue weighted by Gasteiger charge is -2.37. The highest BCUT2D eigenvalue weighted by atomic mass is 19.4. The zero-order valence-electron chi connectivity index (χ0n) is 14.8. The van der Waals surface area contributed by atoms with Gasteiger partial charge in [-0.2, -0.15) is 23.5 Å². The molecule has 0 spiro atoms. The maximum atomic E-state index is 13.9. The van der Waals surface area contributed by atoms with Crippen LogP contribution in [0.15, 0.2) is 71.2 Å². The van der Waals surface area contributed by atoms with Crippen molar-refractivity contribution in [3.05, 3.63) is 77.4 Å². The highest BCUT2D eigenvalue weighted by Gasteiger charge is 2.57. The molecule has 2 heterocycles. The number of rotatable bonds is 2. The van der Waals surface area contributed by atoms with E-state index in [2.05, 4.69) is 5.10 Å². The Kier molecular flexibility index (Phi) is 4.42. The highest BCUT2D eigenvalue weighted by molar-refractivity contribution is 5.96. The van der Waals surface area contributed by atoms with Crippen LogP contribution in [0.1, 0.15) is 11.5 Å². The molecule has 0 aliphatic carbocycles. The normalized spacial score (nSPS) is 23.9. The number of allylic oxidation sites excluding steroid dienone is 1. The molecule has 29 heavy (non-hydrogen) atoms. The van der Waals surface area contributed by atoms with Crippen molar-refractivity contribution in [1.82, 2.24) is 0 Å². The molecular formula is C20H14F4N4O. The molecule has 0 aromatic heterocycles. The number of benzene rings is 2. The van der Waals surface area contributed by atoms with Gasteiger partial charge >= 0.3 is 6.18 Å². The first-order valence-corrected chi connectivity index (χ1v) is 8.63. The molecule has 0 saturated heterocycles. The Hall–Kier alpha value is -3.54. The number of ether oxygens (including phenoxy) is 1. The molecule has 148 valence electrons. The quantitative estimate of drug-likeness (QED) is 0.771. The fourth-order valence-corrected chi connectivity index (χ4v) is 3.70. The summed E-state index contributed by atoms with van der Waals surface area (Å²) in [5, 5.41) is 14.5. The smallest absolute Gasteiger partial charge is 0.431 e. The van der Waals surface area contributed by atoms with Gasteiger partial charge in [0.2, 0.25) is 12.1 Å². The van der Waals surface area contributed by atoms with Gasteiger partial charge in [-0.05, 0) is 29.8 Å². The third kappa shape index (κ3) is 3.16. The summed E-state index contributed by atoms with van der Waals surface area (Å²) in [5.74, 6) is -3.27. The number of nitriles is 1. The number of halogens is 4. The van der Waals surface area contributed by atoms with E-state index < -0.39 is 35.8 Å². The van der Waals surface area contributed by atoms with Gasteiger partial charge in [0.1, 0.15) is 11.9 Å². The molecule has 2 N–H and O–H groups in total. The molecule has 2 aliphatic heterocycles. The summed E-state index contributed by atoms with van der Waals surface area (Å²) >= 11 is 0. The van der Waals surface area contributed by atoms with Crippen molar-refractivity contribution < 1.29 is 22.3 Å². The van der Waals surface area contributed by atoms with Crippen LogP contribution in [0, 0.1) is 23.1 Å². The van der Waals surface area contributed by atoms with Crippen LogP contribution in [0.4, 0.5) is 23.2 Å². The molecule has 0 saturated carbocycles. The van der Waals surface area contributed by atoms with Gasteiger partial charge in [0.05, 0.1) is 17.2 Å². The van der Waals surface area contributed by atoms with Gasteiger partial charge in [-0.3, -0.25) is 0 Å². The predicted octanol–water partition coefficient (Wildman–Crippen LogP) is 4.01. The molecule has 3 atom stereocenters. The number of nitrogens with two attached hydrogens (primary N) is 1. The van der Waals surface area contributed by atoms with E-state index in [-0.39, 0.29) is 11.5 Å². The number of hydrogen-bond acceptors (Lipinski definition) is 5. The Balaban J connectivity index is 1.90. The summed E-state index contributed by atoms with van der Waals surface area (Å²) in [6.07, 6.45) is -5.97. The van der Waals surface area contributed by atoms with E-state index in [0.717, 1.165) is 17.1 Å². The molecular weight excluding hydrogens is 388 g/mol. The lowest BCUT2D eigenvalue weighted by Crippen LogP contribution is -2.46. The minimum absolute atomic E-state index is 0.148. The summed E-state index contributed by atoms with van der Waals surface area (Å²) in [4.78, 5) is 0. The van der Waals surface area contributed by atoms with Gasteiger partial charge in [0.25, 0.3) is 0 Å². The molecule has 0 amide bonds. The molecule has 0 fully saturated rings. The van der Waals surface area contributed by atoms with E-state index in [1.807, 2.05) is 6.07 Å². The molecule has 2 aromatic rings. The Labute approximate surface area is 163 Å². The number of anilines is 1. The first kappa shape index (κ1) is 18.8. The van der Waals surface area contributed by atoms with E-state index >= 15 is 0 Å². The molecule has 0 radical (unpaired) electrons. The van der Waals surface area contributed by atoms with E-state index in [4.69, 9.17) is 10.5 Å². The molecule has 0 unspecified atom stereocenters. The topological polar surface area (TPSA) is 74.6 Å². The summed E-state index contributed by atoms with van der Waals surface area (Å²) in [6, 6.07) is 15.0. The third-order valence-electron chi connectivity index (χ3n) is 4.92. The van der Waals surface area contributed by atoms with Gasteiger partial charge in [-0.1, -0.05) is 30.3 Å². The molecule has 2 aliphatic rings. The Morgan fingerprint density at radius 1 is 1.07 bits per heavy atom. The zero-order valence-corrected chi connectivity index (χ0v) is 14.8. The largest absolute Gasteiger partial charge is 0.452 e. The van der Waals surface area contributed by atoms with Crippen molar-refractivity contribution in [2.75, 3.05) is 5.01 Å². The second-order valence-electron chi connectivity index (χ2n) is 6.62. The average Bonchev–Trinajstić information content (AvgIpc) is 3.08. The van der Waals surface area contributed by atoms with Crippen LogP contribution < -0.4 is 10.7 Å². The Bertz CT molecular complexity index is 1030. The summed E-state index contributed by atoms with van der Waals surface area (Å²) in [7, 11) is 0. The number of fused-ring (bicyclic) bond motifs is 1. The molecule has 9 heteroatoms. The van der Waals surface area contributed by atoms with Crippen molar-refractivity contribution in [2.45, 2.75) is 18.3 Å². The van der Waals surface area contributed by atoms with Gasteiger partial charge in [-0.25, -0.2) is 9.40 Å². The maximum absolute atomic E-state index is 13.9.